The molecule has 4 rings (SSSR count). The minimum atomic E-state index is -0.590. The van der Waals surface area contributed by atoms with E-state index in [1.807, 2.05) is 54.6 Å². The molecule has 6 nitrogen and oxygen atoms in total. The lowest BCUT2D eigenvalue weighted by Crippen LogP contribution is -2.21. The molecule has 1 atom stereocenters. The van der Waals surface area contributed by atoms with Crippen LogP contribution in [0.4, 0.5) is 11.4 Å². The highest BCUT2D eigenvalue weighted by Gasteiger charge is 2.36. The molecule has 3 aromatic rings. The van der Waals surface area contributed by atoms with Crippen molar-refractivity contribution in [2.45, 2.75) is 19.3 Å². The van der Waals surface area contributed by atoms with Crippen LogP contribution in [0.25, 0.3) is 0 Å². The third-order valence-corrected chi connectivity index (χ3v) is 5.36. The van der Waals surface area contributed by atoms with Crippen molar-refractivity contribution in [2.24, 2.45) is 10.7 Å². The van der Waals surface area contributed by atoms with Crippen molar-refractivity contribution >= 4 is 29.0 Å². The van der Waals surface area contributed by atoms with E-state index in [0.29, 0.717) is 30.1 Å². The lowest BCUT2D eigenvalue weighted by atomic mass is 9.90. The zero-order chi connectivity index (χ0) is 22.5. The number of rotatable bonds is 7. The van der Waals surface area contributed by atoms with Crippen molar-refractivity contribution in [1.82, 2.24) is 0 Å². The number of hydrogen-bond donors (Lipinski definition) is 2. The number of nitrogens with one attached hydrogen (secondary N) is 1. The van der Waals surface area contributed by atoms with E-state index in [-0.39, 0.29) is 5.91 Å². The monoisotopic (exact) mass is 427 g/mol. The van der Waals surface area contributed by atoms with Gasteiger partial charge in [-0.2, -0.15) is 0 Å². The van der Waals surface area contributed by atoms with Crippen molar-refractivity contribution in [3.8, 4) is 0 Å². The number of carbonyl (C=O) groups is 2. The summed E-state index contributed by atoms with van der Waals surface area (Å²) in [5, 5.41) is 2.91. The van der Waals surface area contributed by atoms with Gasteiger partial charge in [-0.15, -0.1) is 0 Å². The van der Waals surface area contributed by atoms with Crippen LogP contribution < -0.4 is 11.1 Å². The number of carbonyl (C=O) groups excluding carboxylic acids is 2. The summed E-state index contributed by atoms with van der Waals surface area (Å²) in [6, 6.07) is 22.7. The first-order chi connectivity index (χ1) is 15.6. The number of benzene rings is 3. The molecule has 3 aromatic carbocycles. The van der Waals surface area contributed by atoms with Gasteiger partial charge in [-0.25, -0.2) is 4.79 Å². The molecule has 0 fully saturated rings. The highest BCUT2D eigenvalue weighted by atomic mass is 16.5. The van der Waals surface area contributed by atoms with Gasteiger partial charge >= 0.3 is 5.97 Å². The largest absolute Gasteiger partial charge is 0.462 e. The first-order valence-corrected chi connectivity index (χ1v) is 10.7. The van der Waals surface area contributed by atoms with Crippen LogP contribution in [-0.2, 0) is 16.0 Å². The van der Waals surface area contributed by atoms with E-state index in [4.69, 9.17) is 15.5 Å². The molecule has 6 heteroatoms. The molecule has 0 aliphatic carbocycles. The number of aliphatic imine (C=N–C) groups is 1. The molecule has 32 heavy (non-hydrogen) atoms. The van der Waals surface area contributed by atoms with Crippen LogP contribution in [0, 0.1) is 0 Å². The Balaban J connectivity index is 1.76. The number of fused-ring (bicyclic) bond motifs is 1. The Bertz CT molecular complexity index is 1150. The zero-order valence-electron chi connectivity index (χ0n) is 17.9. The first-order valence-electron chi connectivity index (χ1n) is 10.7. The van der Waals surface area contributed by atoms with Crippen LogP contribution in [0.3, 0.4) is 0 Å². The van der Waals surface area contributed by atoms with Crippen molar-refractivity contribution in [3.05, 3.63) is 95.1 Å². The number of nitrogens with zero attached hydrogens (tertiary/aromatic N) is 1. The Morgan fingerprint density at radius 1 is 1.03 bits per heavy atom. The Morgan fingerprint density at radius 2 is 1.78 bits per heavy atom. The van der Waals surface area contributed by atoms with Crippen molar-refractivity contribution in [1.29, 1.82) is 0 Å². The molecule has 0 bridgehead atoms. The van der Waals surface area contributed by atoms with Crippen molar-refractivity contribution < 1.29 is 14.3 Å². The maximum atomic E-state index is 13.1. The Labute approximate surface area is 187 Å². The number of anilines is 1. The number of esters is 1. The van der Waals surface area contributed by atoms with E-state index in [2.05, 4.69) is 5.32 Å². The van der Waals surface area contributed by atoms with Gasteiger partial charge in [-0.3, -0.25) is 9.79 Å². The van der Waals surface area contributed by atoms with Gasteiger partial charge in [0.15, 0.2) is 0 Å². The average Bonchev–Trinajstić information content (AvgIpc) is 3.14. The molecule has 1 heterocycles. The average molecular weight is 428 g/mol. The fourth-order valence-corrected chi connectivity index (χ4v) is 3.82. The van der Waals surface area contributed by atoms with Gasteiger partial charge in [0.2, 0.25) is 5.91 Å². The molecule has 1 aliphatic rings. The molecular formula is C26H25N3O3. The minimum absolute atomic E-state index is 0.177. The van der Waals surface area contributed by atoms with Gasteiger partial charge in [-0.1, -0.05) is 48.5 Å². The maximum Gasteiger partial charge on any atom is 0.338 e. The third-order valence-electron chi connectivity index (χ3n) is 5.36. The summed E-state index contributed by atoms with van der Waals surface area (Å²) in [6.45, 7) is 2.64. The lowest BCUT2D eigenvalue weighted by Gasteiger charge is -2.14. The van der Waals surface area contributed by atoms with Crippen LogP contribution in [-0.4, -0.2) is 30.7 Å². The quantitative estimate of drug-likeness (QED) is 0.436. The van der Waals surface area contributed by atoms with Crippen molar-refractivity contribution in [3.63, 3.8) is 0 Å². The van der Waals surface area contributed by atoms with Crippen LogP contribution >= 0.6 is 0 Å². The van der Waals surface area contributed by atoms with Crippen LogP contribution in [0.2, 0.25) is 0 Å². The first kappa shape index (κ1) is 21.5. The SMILES string of the molecule is CCOC(=O)c1ccc2c(c1)NC(=O)C2C(=Nc1ccc(CCN)cc1)c1ccccc1. The highest BCUT2D eigenvalue weighted by molar-refractivity contribution is 6.24. The summed E-state index contributed by atoms with van der Waals surface area (Å²) < 4.78 is 5.08. The number of amides is 1. The molecule has 1 aliphatic heterocycles. The standard InChI is InChI=1S/C26H25N3O3/c1-2-32-26(31)19-10-13-21-22(16-19)29-25(30)23(21)24(18-6-4-3-5-7-18)28-20-11-8-17(9-12-20)14-15-27/h3-13,16,23H,2,14-15,27H2,1H3,(H,29,30). The molecule has 3 N–H and O–H groups in total. The second kappa shape index (κ2) is 9.58. The smallest absolute Gasteiger partial charge is 0.338 e. The molecule has 162 valence electrons. The normalized spacial score (nSPS) is 15.2. The van der Waals surface area contributed by atoms with E-state index in [0.717, 1.165) is 28.8 Å². The molecule has 0 saturated heterocycles. The second-order valence-corrected chi connectivity index (χ2v) is 7.51. The number of hydrogen-bond acceptors (Lipinski definition) is 5. The molecule has 0 saturated carbocycles. The van der Waals surface area contributed by atoms with Gasteiger partial charge in [0.1, 0.15) is 5.92 Å². The Hall–Kier alpha value is -3.77. The van der Waals surface area contributed by atoms with E-state index >= 15 is 0 Å². The third kappa shape index (κ3) is 4.45. The summed E-state index contributed by atoms with van der Waals surface area (Å²) in [5.41, 5.74) is 10.8. The molecule has 0 radical (unpaired) electrons. The Kier molecular flexibility index (Phi) is 6.42. The summed E-state index contributed by atoms with van der Waals surface area (Å²) in [4.78, 5) is 30.1. The Morgan fingerprint density at radius 3 is 2.47 bits per heavy atom. The molecular weight excluding hydrogens is 402 g/mol. The topological polar surface area (TPSA) is 93.8 Å². The lowest BCUT2D eigenvalue weighted by molar-refractivity contribution is -0.115. The highest BCUT2D eigenvalue weighted by Crippen LogP contribution is 2.37. The molecule has 1 amide bonds. The predicted molar refractivity (Wildman–Crippen MR) is 126 cm³/mol. The number of nitrogens with two attached hydrogens (primary N) is 1. The van der Waals surface area contributed by atoms with E-state index in [9.17, 15) is 9.59 Å². The van der Waals surface area contributed by atoms with E-state index in [1.165, 1.54) is 0 Å². The van der Waals surface area contributed by atoms with Gasteiger partial charge in [-0.05, 0) is 60.8 Å². The minimum Gasteiger partial charge on any atom is -0.462 e. The van der Waals surface area contributed by atoms with Gasteiger partial charge in [0.25, 0.3) is 0 Å². The molecule has 0 aromatic heterocycles. The van der Waals surface area contributed by atoms with Crippen molar-refractivity contribution in [2.75, 3.05) is 18.5 Å². The van der Waals surface area contributed by atoms with Crippen LogP contribution in [0.1, 0.15) is 39.9 Å². The fourth-order valence-electron chi connectivity index (χ4n) is 3.82. The second-order valence-electron chi connectivity index (χ2n) is 7.51. The van der Waals surface area contributed by atoms with Gasteiger partial charge < -0.3 is 15.8 Å². The fraction of sp³-hybridized carbons (Fsp3) is 0.192. The van der Waals surface area contributed by atoms with Gasteiger partial charge in [0.05, 0.1) is 23.6 Å². The van der Waals surface area contributed by atoms with Crippen LogP contribution in [0.15, 0.2) is 77.8 Å². The van der Waals surface area contributed by atoms with E-state index in [1.54, 1.807) is 25.1 Å². The zero-order valence-corrected chi connectivity index (χ0v) is 17.9. The molecule has 1 unspecified atom stereocenters. The molecule has 0 spiro atoms. The van der Waals surface area contributed by atoms with Gasteiger partial charge in [0, 0.05) is 5.69 Å². The maximum absolute atomic E-state index is 13.1. The van der Waals surface area contributed by atoms with E-state index < -0.39 is 11.9 Å². The number of ether oxygens (including phenoxy) is 1. The summed E-state index contributed by atoms with van der Waals surface area (Å²) in [6.07, 6.45) is 0.802. The summed E-state index contributed by atoms with van der Waals surface area (Å²) in [7, 11) is 0. The van der Waals surface area contributed by atoms with Crippen LogP contribution in [0.5, 0.6) is 0 Å². The summed E-state index contributed by atoms with van der Waals surface area (Å²) >= 11 is 0. The summed E-state index contributed by atoms with van der Waals surface area (Å²) in [5.74, 6) is -1.18. The predicted octanol–water partition coefficient (Wildman–Crippen LogP) is 4.22.